The van der Waals surface area contributed by atoms with Crippen LogP contribution >= 0.6 is 0 Å². The zero-order valence-corrected chi connectivity index (χ0v) is 14.7. The van der Waals surface area contributed by atoms with Gasteiger partial charge in [0.1, 0.15) is 0 Å². The predicted molar refractivity (Wildman–Crippen MR) is 94.6 cm³/mol. The van der Waals surface area contributed by atoms with E-state index in [0.29, 0.717) is 19.1 Å². The maximum atomic E-state index is 11.6. The van der Waals surface area contributed by atoms with Gasteiger partial charge < -0.3 is 20.9 Å². The highest BCUT2D eigenvalue weighted by Crippen LogP contribution is 2.28. The smallest absolute Gasteiger partial charge is 0.223 e. The van der Waals surface area contributed by atoms with Crippen LogP contribution in [0.15, 0.2) is 4.99 Å². The molecule has 0 aromatic rings. The number of guanidine groups is 1. The average molecular weight is 323 g/mol. The highest BCUT2D eigenvalue weighted by Gasteiger charge is 2.29. The summed E-state index contributed by atoms with van der Waals surface area (Å²) in [7, 11) is 0. The van der Waals surface area contributed by atoms with Gasteiger partial charge in [-0.3, -0.25) is 9.79 Å². The van der Waals surface area contributed by atoms with Crippen molar-refractivity contribution >= 4 is 11.9 Å². The van der Waals surface area contributed by atoms with E-state index in [9.17, 15) is 4.79 Å². The number of amides is 1. The highest BCUT2D eigenvalue weighted by molar-refractivity contribution is 5.81. The molecule has 6 nitrogen and oxygen atoms in total. The van der Waals surface area contributed by atoms with Crippen molar-refractivity contribution in [2.45, 2.75) is 52.0 Å². The van der Waals surface area contributed by atoms with Gasteiger partial charge >= 0.3 is 0 Å². The maximum absolute atomic E-state index is 11.6. The third-order valence-corrected chi connectivity index (χ3v) is 4.44. The van der Waals surface area contributed by atoms with E-state index in [2.05, 4.69) is 39.7 Å². The molecular weight excluding hydrogens is 290 g/mol. The number of carbonyl (C=O) groups excluding carboxylic acids is 1. The monoisotopic (exact) mass is 323 g/mol. The molecule has 1 saturated carbocycles. The van der Waals surface area contributed by atoms with Crippen LogP contribution in [-0.4, -0.2) is 62.1 Å². The summed E-state index contributed by atoms with van der Waals surface area (Å²) < 4.78 is 0. The van der Waals surface area contributed by atoms with Crippen LogP contribution in [0.2, 0.25) is 0 Å². The first-order valence-electron chi connectivity index (χ1n) is 9.27. The first kappa shape index (κ1) is 18.0. The number of carbonyl (C=O) groups is 1. The molecule has 0 unspecified atom stereocenters. The zero-order chi connectivity index (χ0) is 16.5. The Labute approximate surface area is 140 Å². The van der Waals surface area contributed by atoms with Crippen molar-refractivity contribution in [2.24, 2.45) is 10.9 Å². The van der Waals surface area contributed by atoms with Crippen LogP contribution in [0.3, 0.4) is 0 Å². The second kappa shape index (κ2) is 9.75. The van der Waals surface area contributed by atoms with Crippen molar-refractivity contribution < 1.29 is 4.79 Å². The molecule has 0 atom stereocenters. The van der Waals surface area contributed by atoms with E-state index in [1.165, 1.54) is 38.9 Å². The van der Waals surface area contributed by atoms with Gasteiger partial charge in [0, 0.05) is 38.1 Å². The lowest BCUT2D eigenvalue weighted by Gasteiger charge is -2.32. The third-order valence-electron chi connectivity index (χ3n) is 4.44. The molecule has 6 heteroatoms. The quantitative estimate of drug-likeness (QED) is 0.353. The SMILES string of the molecule is CCCN1CCC(NC(=NCCNC(=O)C2CC2)NCC)CC1. The Balaban J connectivity index is 1.67. The summed E-state index contributed by atoms with van der Waals surface area (Å²) >= 11 is 0. The largest absolute Gasteiger partial charge is 0.357 e. The number of aliphatic imine (C=N–C) groups is 1. The van der Waals surface area contributed by atoms with Crippen molar-refractivity contribution in [3.05, 3.63) is 0 Å². The van der Waals surface area contributed by atoms with Gasteiger partial charge in [0.05, 0.1) is 6.54 Å². The van der Waals surface area contributed by atoms with Crippen molar-refractivity contribution in [2.75, 3.05) is 39.3 Å². The molecule has 0 spiro atoms. The van der Waals surface area contributed by atoms with Crippen LogP contribution < -0.4 is 16.0 Å². The van der Waals surface area contributed by atoms with Gasteiger partial charge in [0.25, 0.3) is 0 Å². The molecule has 2 aliphatic rings. The van der Waals surface area contributed by atoms with Gasteiger partial charge in [-0.25, -0.2) is 0 Å². The van der Waals surface area contributed by atoms with E-state index in [1.54, 1.807) is 0 Å². The summed E-state index contributed by atoms with van der Waals surface area (Å²) in [6.45, 7) is 9.97. The molecular formula is C17H33N5O. The first-order chi connectivity index (χ1) is 11.2. The molecule has 1 heterocycles. The number of hydrogen-bond acceptors (Lipinski definition) is 3. The lowest BCUT2D eigenvalue weighted by atomic mass is 10.1. The number of rotatable bonds is 8. The molecule has 0 aromatic heterocycles. The van der Waals surface area contributed by atoms with Crippen molar-refractivity contribution in [1.82, 2.24) is 20.9 Å². The van der Waals surface area contributed by atoms with E-state index in [-0.39, 0.29) is 11.8 Å². The maximum Gasteiger partial charge on any atom is 0.223 e. The lowest BCUT2D eigenvalue weighted by molar-refractivity contribution is -0.122. The minimum Gasteiger partial charge on any atom is -0.357 e. The van der Waals surface area contributed by atoms with Crippen LogP contribution in [0.5, 0.6) is 0 Å². The van der Waals surface area contributed by atoms with Crippen LogP contribution in [0, 0.1) is 5.92 Å². The van der Waals surface area contributed by atoms with Gasteiger partial charge in [-0.1, -0.05) is 6.92 Å². The van der Waals surface area contributed by atoms with Gasteiger partial charge in [0.15, 0.2) is 5.96 Å². The Hall–Kier alpha value is -1.30. The Bertz CT molecular complexity index is 386. The second-order valence-corrected chi connectivity index (χ2v) is 6.59. The molecule has 2 fully saturated rings. The lowest BCUT2D eigenvalue weighted by Crippen LogP contribution is -2.49. The number of nitrogens with zero attached hydrogens (tertiary/aromatic N) is 2. The van der Waals surface area contributed by atoms with Gasteiger partial charge in [-0.15, -0.1) is 0 Å². The number of nitrogens with one attached hydrogen (secondary N) is 3. The van der Waals surface area contributed by atoms with E-state index in [0.717, 1.165) is 25.3 Å². The minimum absolute atomic E-state index is 0.196. The summed E-state index contributed by atoms with van der Waals surface area (Å²) in [5.41, 5.74) is 0. The fourth-order valence-corrected chi connectivity index (χ4v) is 2.97. The molecule has 2 rings (SSSR count). The van der Waals surface area contributed by atoms with Crippen LogP contribution in [0.25, 0.3) is 0 Å². The topological polar surface area (TPSA) is 68.8 Å². The van der Waals surface area contributed by atoms with Crippen LogP contribution in [0.4, 0.5) is 0 Å². The van der Waals surface area contributed by atoms with Crippen molar-refractivity contribution in [3.8, 4) is 0 Å². The fraction of sp³-hybridized carbons (Fsp3) is 0.882. The molecule has 23 heavy (non-hydrogen) atoms. The summed E-state index contributed by atoms with van der Waals surface area (Å²) in [6, 6.07) is 0.502. The normalized spacial score (nSPS) is 20.3. The van der Waals surface area contributed by atoms with Gasteiger partial charge in [-0.05, 0) is 45.6 Å². The first-order valence-corrected chi connectivity index (χ1v) is 9.27. The van der Waals surface area contributed by atoms with Crippen LogP contribution in [0.1, 0.15) is 46.0 Å². The molecule has 1 aliphatic heterocycles. The van der Waals surface area contributed by atoms with E-state index >= 15 is 0 Å². The van der Waals surface area contributed by atoms with Gasteiger partial charge in [-0.2, -0.15) is 0 Å². The Morgan fingerprint density at radius 2 is 1.87 bits per heavy atom. The van der Waals surface area contributed by atoms with Crippen molar-refractivity contribution in [3.63, 3.8) is 0 Å². The fourth-order valence-electron chi connectivity index (χ4n) is 2.97. The molecule has 1 amide bonds. The molecule has 0 radical (unpaired) electrons. The van der Waals surface area contributed by atoms with E-state index in [1.807, 2.05) is 0 Å². The molecule has 132 valence electrons. The Kier molecular flexibility index (Phi) is 7.65. The van der Waals surface area contributed by atoms with Crippen LogP contribution in [-0.2, 0) is 4.79 Å². The minimum atomic E-state index is 0.196. The number of likely N-dealkylation sites (tertiary alicyclic amines) is 1. The average Bonchev–Trinajstić information content (AvgIpc) is 3.38. The van der Waals surface area contributed by atoms with Gasteiger partial charge in [0.2, 0.25) is 5.91 Å². The zero-order valence-electron chi connectivity index (χ0n) is 14.7. The molecule has 3 N–H and O–H groups in total. The Morgan fingerprint density at radius 1 is 1.13 bits per heavy atom. The summed E-state index contributed by atoms with van der Waals surface area (Å²) in [6.07, 6.45) is 5.67. The summed E-state index contributed by atoms with van der Waals surface area (Å²) in [4.78, 5) is 18.7. The third kappa shape index (κ3) is 6.77. The summed E-state index contributed by atoms with van der Waals surface area (Å²) in [5, 5.41) is 9.80. The van der Waals surface area contributed by atoms with E-state index < -0.39 is 0 Å². The highest BCUT2D eigenvalue weighted by atomic mass is 16.2. The van der Waals surface area contributed by atoms with Crippen molar-refractivity contribution in [1.29, 1.82) is 0 Å². The molecule has 1 saturated heterocycles. The standard InChI is InChI=1S/C17H33N5O/c1-3-11-22-12-7-15(8-13-22)21-17(18-4-2)20-10-9-19-16(23)14-5-6-14/h14-15H,3-13H2,1-2H3,(H,19,23)(H2,18,20,21). The number of piperidine rings is 1. The Morgan fingerprint density at radius 3 is 2.48 bits per heavy atom. The predicted octanol–water partition coefficient (Wildman–Crippen LogP) is 0.942. The number of hydrogen-bond donors (Lipinski definition) is 3. The van der Waals surface area contributed by atoms with E-state index in [4.69, 9.17) is 0 Å². The molecule has 0 bridgehead atoms. The summed E-state index contributed by atoms with van der Waals surface area (Å²) in [5.74, 6) is 1.35. The molecule has 1 aliphatic carbocycles. The molecule has 0 aromatic carbocycles. The second-order valence-electron chi connectivity index (χ2n) is 6.59.